The third-order valence-corrected chi connectivity index (χ3v) is 3.21. The Bertz CT molecular complexity index is 221. The minimum Gasteiger partial charge on any atom is -0.469 e. The normalized spacial score (nSPS) is 24.1. The smallest absolute Gasteiger partial charge is 0.309 e. The summed E-state index contributed by atoms with van der Waals surface area (Å²) in [5, 5.41) is 3.36. The maximum absolute atomic E-state index is 11.2. The van der Waals surface area contributed by atoms with Gasteiger partial charge in [0.25, 0.3) is 0 Å². The summed E-state index contributed by atoms with van der Waals surface area (Å²) < 4.78 is 4.68. The van der Waals surface area contributed by atoms with Gasteiger partial charge in [-0.15, -0.1) is 0 Å². The predicted octanol–water partition coefficient (Wildman–Crippen LogP) is 0.727. The van der Waals surface area contributed by atoms with Crippen molar-refractivity contribution in [2.24, 2.45) is 11.8 Å². The molecule has 16 heavy (non-hydrogen) atoms. The van der Waals surface area contributed by atoms with Gasteiger partial charge in [0.2, 0.25) is 0 Å². The third kappa shape index (κ3) is 4.49. The van der Waals surface area contributed by atoms with Crippen LogP contribution in [0.4, 0.5) is 0 Å². The van der Waals surface area contributed by atoms with Crippen molar-refractivity contribution in [2.45, 2.75) is 19.8 Å². The second kappa shape index (κ2) is 6.86. The van der Waals surface area contributed by atoms with Crippen molar-refractivity contribution in [3.8, 4) is 0 Å². The van der Waals surface area contributed by atoms with E-state index in [1.54, 1.807) is 0 Å². The van der Waals surface area contributed by atoms with Gasteiger partial charge in [0.05, 0.1) is 13.0 Å². The molecule has 1 fully saturated rings. The van der Waals surface area contributed by atoms with Gasteiger partial charge in [-0.1, -0.05) is 6.92 Å². The van der Waals surface area contributed by atoms with E-state index in [0.29, 0.717) is 6.54 Å². The average Bonchev–Trinajstić information content (AvgIpc) is 2.28. The largest absolute Gasteiger partial charge is 0.469 e. The Balaban J connectivity index is 2.12. The molecule has 4 nitrogen and oxygen atoms in total. The van der Waals surface area contributed by atoms with Crippen LogP contribution in [0.1, 0.15) is 19.8 Å². The summed E-state index contributed by atoms with van der Waals surface area (Å²) in [6.07, 6.45) is 2.58. The topological polar surface area (TPSA) is 41.6 Å². The van der Waals surface area contributed by atoms with Crippen LogP contribution in [0.25, 0.3) is 0 Å². The zero-order valence-electron chi connectivity index (χ0n) is 10.7. The van der Waals surface area contributed by atoms with E-state index in [0.717, 1.165) is 12.5 Å². The molecule has 1 heterocycles. The predicted molar refractivity (Wildman–Crippen MR) is 64.3 cm³/mol. The van der Waals surface area contributed by atoms with Crippen LogP contribution in [0.15, 0.2) is 0 Å². The van der Waals surface area contributed by atoms with E-state index < -0.39 is 0 Å². The molecule has 0 spiro atoms. The first-order valence-electron chi connectivity index (χ1n) is 6.10. The van der Waals surface area contributed by atoms with E-state index in [4.69, 9.17) is 0 Å². The SMILES string of the molecule is COC(=O)C(C)CNCC1CCCN(C)C1. The summed E-state index contributed by atoms with van der Waals surface area (Å²) >= 11 is 0. The Labute approximate surface area is 98.3 Å². The minimum atomic E-state index is -0.131. The van der Waals surface area contributed by atoms with Crippen molar-refractivity contribution in [1.29, 1.82) is 0 Å². The summed E-state index contributed by atoms with van der Waals surface area (Å²) in [5.41, 5.74) is 0. The molecule has 1 aliphatic heterocycles. The highest BCUT2D eigenvalue weighted by atomic mass is 16.5. The number of carbonyl (C=O) groups excluding carboxylic acids is 1. The molecule has 2 unspecified atom stereocenters. The van der Waals surface area contributed by atoms with Crippen LogP contribution in [-0.2, 0) is 9.53 Å². The first-order chi connectivity index (χ1) is 7.63. The number of nitrogens with one attached hydrogen (secondary N) is 1. The molecule has 0 aromatic heterocycles. The number of ether oxygens (including phenoxy) is 1. The van der Waals surface area contributed by atoms with Gasteiger partial charge in [0.1, 0.15) is 0 Å². The summed E-state index contributed by atoms with van der Waals surface area (Å²) in [7, 11) is 3.61. The molecule has 2 atom stereocenters. The number of rotatable bonds is 5. The highest BCUT2D eigenvalue weighted by Crippen LogP contribution is 2.13. The molecule has 0 aromatic carbocycles. The van der Waals surface area contributed by atoms with Crippen molar-refractivity contribution < 1.29 is 9.53 Å². The van der Waals surface area contributed by atoms with E-state index in [1.807, 2.05) is 6.92 Å². The lowest BCUT2D eigenvalue weighted by atomic mass is 9.98. The van der Waals surface area contributed by atoms with Crippen molar-refractivity contribution in [2.75, 3.05) is 40.3 Å². The molecule has 0 aliphatic carbocycles. The molecule has 1 rings (SSSR count). The number of esters is 1. The molecule has 94 valence electrons. The molecule has 4 heteroatoms. The molecule has 0 amide bonds. The molecular weight excluding hydrogens is 204 g/mol. The summed E-state index contributed by atoms with van der Waals surface area (Å²) in [6.45, 7) is 6.00. The van der Waals surface area contributed by atoms with E-state index in [2.05, 4.69) is 22.0 Å². The highest BCUT2D eigenvalue weighted by Gasteiger charge is 2.18. The first-order valence-corrected chi connectivity index (χ1v) is 6.10. The van der Waals surface area contributed by atoms with E-state index >= 15 is 0 Å². The summed E-state index contributed by atoms with van der Waals surface area (Å²) in [4.78, 5) is 13.6. The van der Waals surface area contributed by atoms with E-state index in [1.165, 1.54) is 33.0 Å². The average molecular weight is 228 g/mol. The van der Waals surface area contributed by atoms with Crippen LogP contribution >= 0.6 is 0 Å². The zero-order chi connectivity index (χ0) is 12.0. The Hall–Kier alpha value is -0.610. The number of likely N-dealkylation sites (tertiary alicyclic amines) is 1. The van der Waals surface area contributed by atoms with Gasteiger partial charge in [-0.05, 0) is 38.9 Å². The minimum absolute atomic E-state index is 0.0497. The van der Waals surface area contributed by atoms with Crippen LogP contribution in [0.5, 0.6) is 0 Å². The Kier molecular flexibility index (Phi) is 5.77. The van der Waals surface area contributed by atoms with Gasteiger partial charge in [-0.25, -0.2) is 0 Å². The van der Waals surface area contributed by atoms with Crippen LogP contribution in [-0.4, -0.2) is 51.2 Å². The molecule has 0 radical (unpaired) electrons. The Morgan fingerprint density at radius 3 is 3.00 bits per heavy atom. The number of piperidine rings is 1. The Morgan fingerprint density at radius 1 is 1.62 bits per heavy atom. The molecule has 0 aromatic rings. The van der Waals surface area contributed by atoms with Crippen LogP contribution in [0.2, 0.25) is 0 Å². The molecule has 1 aliphatic rings. The number of carbonyl (C=O) groups is 1. The first kappa shape index (κ1) is 13.5. The fraction of sp³-hybridized carbons (Fsp3) is 0.917. The number of hydrogen-bond donors (Lipinski definition) is 1. The van der Waals surface area contributed by atoms with Gasteiger partial charge in [0, 0.05) is 13.1 Å². The Morgan fingerprint density at radius 2 is 2.38 bits per heavy atom. The van der Waals surface area contributed by atoms with Gasteiger partial charge >= 0.3 is 5.97 Å². The van der Waals surface area contributed by atoms with Crippen molar-refractivity contribution in [1.82, 2.24) is 10.2 Å². The van der Waals surface area contributed by atoms with E-state index in [-0.39, 0.29) is 11.9 Å². The fourth-order valence-corrected chi connectivity index (χ4v) is 2.23. The lowest BCUT2D eigenvalue weighted by molar-refractivity contribution is -0.144. The van der Waals surface area contributed by atoms with E-state index in [9.17, 15) is 4.79 Å². The number of methoxy groups -OCH3 is 1. The van der Waals surface area contributed by atoms with Gasteiger partial charge < -0.3 is 15.0 Å². The molecule has 1 N–H and O–H groups in total. The monoisotopic (exact) mass is 228 g/mol. The fourth-order valence-electron chi connectivity index (χ4n) is 2.23. The maximum Gasteiger partial charge on any atom is 0.309 e. The molecule has 1 saturated heterocycles. The van der Waals surface area contributed by atoms with Crippen LogP contribution < -0.4 is 5.32 Å². The van der Waals surface area contributed by atoms with Gasteiger partial charge in [0.15, 0.2) is 0 Å². The molecule has 0 bridgehead atoms. The zero-order valence-corrected chi connectivity index (χ0v) is 10.7. The third-order valence-electron chi connectivity index (χ3n) is 3.21. The lowest BCUT2D eigenvalue weighted by Crippen LogP contribution is -2.39. The summed E-state index contributed by atoms with van der Waals surface area (Å²) in [5.74, 6) is 0.545. The van der Waals surface area contributed by atoms with Crippen molar-refractivity contribution >= 4 is 5.97 Å². The quantitative estimate of drug-likeness (QED) is 0.704. The number of nitrogens with zero attached hydrogens (tertiary/aromatic N) is 1. The van der Waals surface area contributed by atoms with Crippen molar-refractivity contribution in [3.63, 3.8) is 0 Å². The number of hydrogen-bond acceptors (Lipinski definition) is 4. The maximum atomic E-state index is 11.2. The van der Waals surface area contributed by atoms with Gasteiger partial charge in [-0.3, -0.25) is 4.79 Å². The summed E-state index contributed by atoms with van der Waals surface area (Å²) in [6, 6.07) is 0. The van der Waals surface area contributed by atoms with Gasteiger partial charge in [-0.2, -0.15) is 0 Å². The second-order valence-corrected chi connectivity index (χ2v) is 4.85. The van der Waals surface area contributed by atoms with Crippen molar-refractivity contribution in [3.05, 3.63) is 0 Å². The molecule has 0 saturated carbocycles. The standard InChI is InChI=1S/C12H24N2O2/c1-10(12(15)16-3)7-13-8-11-5-4-6-14(2)9-11/h10-11,13H,4-9H2,1-3H3. The van der Waals surface area contributed by atoms with Crippen LogP contribution in [0, 0.1) is 11.8 Å². The second-order valence-electron chi connectivity index (χ2n) is 4.85. The highest BCUT2D eigenvalue weighted by molar-refractivity contribution is 5.71. The van der Waals surface area contributed by atoms with Crippen LogP contribution in [0.3, 0.4) is 0 Å². The lowest BCUT2D eigenvalue weighted by Gasteiger charge is -2.30. The molecular formula is C12H24N2O2.